The maximum absolute atomic E-state index is 14.7. The zero-order valence-electron chi connectivity index (χ0n) is 14.7. The first-order valence-electron chi connectivity index (χ1n) is 8.44. The molecule has 0 radical (unpaired) electrons. The highest BCUT2D eigenvalue weighted by Gasteiger charge is 2.27. The number of benzene rings is 2. The van der Waals surface area contributed by atoms with E-state index < -0.39 is 34.5 Å². The second kappa shape index (κ2) is 7.12. The molecule has 0 saturated carbocycles. The van der Waals surface area contributed by atoms with Crippen LogP contribution in [0.25, 0.3) is 11.0 Å². The molecule has 0 saturated heterocycles. The summed E-state index contributed by atoms with van der Waals surface area (Å²) in [6.07, 6.45) is 2.57. The Morgan fingerprint density at radius 1 is 1.00 bits per heavy atom. The fourth-order valence-electron chi connectivity index (χ4n) is 2.98. The van der Waals surface area contributed by atoms with Gasteiger partial charge in [-0.2, -0.15) is 0 Å². The lowest BCUT2D eigenvalue weighted by molar-refractivity contribution is 0.0996. The summed E-state index contributed by atoms with van der Waals surface area (Å²) in [5.74, 6) is -4.23. The van der Waals surface area contributed by atoms with E-state index in [2.05, 4.69) is 20.3 Å². The molecule has 2 aromatic carbocycles. The molecule has 0 fully saturated rings. The summed E-state index contributed by atoms with van der Waals surface area (Å²) >= 11 is 0. The normalized spacial score (nSPS) is 10.8. The van der Waals surface area contributed by atoms with Gasteiger partial charge in [0.05, 0.1) is 22.1 Å². The number of aromatic nitrogens is 3. The van der Waals surface area contributed by atoms with Crippen LogP contribution in [0.5, 0.6) is 0 Å². The third-order valence-electron chi connectivity index (χ3n) is 4.33. The second-order valence-corrected chi connectivity index (χ2v) is 6.12. The average molecular weight is 393 g/mol. The van der Waals surface area contributed by atoms with Gasteiger partial charge in [0.25, 0.3) is 5.91 Å². The van der Waals surface area contributed by atoms with Crippen molar-refractivity contribution in [3.8, 4) is 0 Å². The Morgan fingerprint density at radius 2 is 1.76 bits per heavy atom. The van der Waals surface area contributed by atoms with E-state index in [-0.39, 0.29) is 16.8 Å². The predicted octanol–water partition coefficient (Wildman–Crippen LogP) is 3.31. The number of carbonyl (C=O) groups is 2. The number of fused-ring (bicyclic) bond motifs is 1. The van der Waals surface area contributed by atoms with Crippen LogP contribution in [0.15, 0.2) is 55.0 Å². The first-order valence-corrected chi connectivity index (χ1v) is 8.44. The van der Waals surface area contributed by atoms with Gasteiger partial charge in [-0.05, 0) is 24.3 Å². The van der Waals surface area contributed by atoms with E-state index in [1.54, 1.807) is 12.1 Å². The lowest BCUT2D eigenvalue weighted by Crippen LogP contribution is -2.17. The number of carbonyl (C=O) groups excluding carboxylic acids is 2. The zero-order valence-corrected chi connectivity index (χ0v) is 14.7. The van der Waals surface area contributed by atoms with Gasteiger partial charge in [0.15, 0.2) is 0 Å². The van der Waals surface area contributed by atoms with Crippen LogP contribution in [0.4, 0.5) is 20.3 Å². The number of nitrogens with zero attached hydrogens (tertiary/aromatic N) is 2. The minimum atomic E-state index is -1.31. The van der Waals surface area contributed by atoms with Crippen molar-refractivity contribution in [3.05, 3.63) is 83.3 Å². The standard InChI is InChI=1S/C20H13F2N5O2/c21-13-7-6-11(18(23)29)16(22)15(13)17(28)12-8-24-19-14(12)20(26-9-25-19)27-10-4-2-1-3-5-10/h1-9H,(H2,23,29)(H2,24,25,26,27). The van der Waals surface area contributed by atoms with Crippen LogP contribution in [-0.4, -0.2) is 26.6 Å². The molecule has 7 nitrogen and oxygen atoms in total. The van der Waals surface area contributed by atoms with Crippen molar-refractivity contribution in [1.29, 1.82) is 0 Å². The Morgan fingerprint density at radius 3 is 2.48 bits per heavy atom. The zero-order chi connectivity index (χ0) is 20.5. The van der Waals surface area contributed by atoms with Gasteiger partial charge in [0.1, 0.15) is 29.4 Å². The molecule has 29 heavy (non-hydrogen) atoms. The number of amides is 1. The average Bonchev–Trinajstić information content (AvgIpc) is 3.14. The van der Waals surface area contributed by atoms with Crippen LogP contribution in [0.1, 0.15) is 26.3 Å². The lowest BCUT2D eigenvalue weighted by atomic mass is 9.99. The molecule has 2 heterocycles. The number of ketones is 1. The van der Waals surface area contributed by atoms with Crippen LogP contribution in [0.2, 0.25) is 0 Å². The number of aromatic amines is 1. The van der Waals surface area contributed by atoms with Crippen LogP contribution >= 0.6 is 0 Å². The largest absolute Gasteiger partial charge is 0.366 e. The van der Waals surface area contributed by atoms with Gasteiger partial charge in [-0.1, -0.05) is 18.2 Å². The summed E-state index contributed by atoms with van der Waals surface area (Å²) in [5, 5.41) is 3.31. The van der Waals surface area contributed by atoms with E-state index in [0.717, 1.165) is 12.1 Å². The third kappa shape index (κ3) is 3.18. The van der Waals surface area contributed by atoms with Gasteiger partial charge in [-0.3, -0.25) is 9.59 Å². The van der Waals surface area contributed by atoms with Gasteiger partial charge in [-0.25, -0.2) is 18.7 Å². The molecule has 144 valence electrons. The molecule has 4 aromatic rings. The first-order chi connectivity index (χ1) is 14.0. The van der Waals surface area contributed by atoms with E-state index in [1.807, 2.05) is 18.2 Å². The fourth-order valence-corrected chi connectivity index (χ4v) is 2.98. The molecule has 4 N–H and O–H groups in total. The summed E-state index contributed by atoms with van der Waals surface area (Å²) in [4.78, 5) is 35.4. The molecular formula is C20H13F2N5O2. The number of nitrogens with one attached hydrogen (secondary N) is 2. The summed E-state index contributed by atoms with van der Waals surface area (Å²) in [6, 6.07) is 10.8. The minimum Gasteiger partial charge on any atom is -0.366 e. The van der Waals surface area contributed by atoms with E-state index in [9.17, 15) is 18.4 Å². The second-order valence-electron chi connectivity index (χ2n) is 6.12. The molecule has 0 spiro atoms. The number of halogens is 2. The molecule has 1 amide bonds. The highest BCUT2D eigenvalue weighted by Crippen LogP contribution is 2.29. The first kappa shape index (κ1) is 18.2. The fraction of sp³-hybridized carbons (Fsp3) is 0. The molecule has 0 unspecified atom stereocenters. The van der Waals surface area contributed by atoms with Crippen molar-refractivity contribution >= 4 is 34.2 Å². The Bertz CT molecular complexity index is 1250. The van der Waals surface area contributed by atoms with Gasteiger partial charge in [-0.15, -0.1) is 0 Å². The highest BCUT2D eigenvalue weighted by molar-refractivity contribution is 6.19. The van der Waals surface area contributed by atoms with Gasteiger partial charge < -0.3 is 16.0 Å². The highest BCUT2D eigenvalue weighted by atomic mass is 19.1. The van der Waals surface area contributed by atoms with Gasteiger partial charge >= 0.3 is 0 Å². The Balaban J connectivity index is 1.86. The molecule has 4 rings (SSSR count). The SMILES string of the molecule is NC(=O)c1ccc(F)c(C(=O)c2c[nH]c3ncnc(Nc4ccccc4)c23)c1F. The smallest absolute Gasteiger partial charge is 0.251 e. The molecule has 0 aliphatic carbocycles. The van der Waals surface area contributed by atoms with Crippen LogP contribution in [0.3, 0.4) is 0 Å². The van der Waals surface area contributed by atoms with Gasteiger partial charge in [0.2, 0.25) is 5.78 Å². The number of hydrogen-bond donors (Lipinski definition) is 3. The maximum atomic E-state index is 14.7. The molecule has 0 bridgehead atoms. The van der Waals surface area contributed by atoms with Crippen molar-refractivity contribution in [2.24, 2.45) is 5.73 Å². The van der Waals surface area contributed by atoms with E-state index >= 15 is 0 Å². The Hall–Kier alpha value is -4.14. The number of primary amides is 1. The number of nitrogens with two attached hydrogens (primary N) is 1. The number of rotatable bonds is 5. The Kier molecular flexibility index (Phi) is 4.47. The maximum Gasteiger partial charge on any atom is 0.251 e. The monoisotopic (exact) mass is 393 g/mol. The summed E-state index contributed by atoms with van der Waals surface area (Å²) in [7, 11) is 0. The molecule has 9 heteroatoms. The summed E-state index contributed by atoms with van der Waals surface area (Å²) < 4.78 is 29.0. The van der Waals surface area contributed by atoms with E-state index in [0.29, 0.717) is 11.3 Å². The van der Waals surface area contributed by atoms with E-state index in [4.69, 9.17) is 5.73 Å². The Labute approximate surface area is 162 Å². The van der Waals surface area contributed by atoms with Crippen molar-refractivity contribution in [3.63, 3.8) is 0 Å². The number of para-hydroxylation sites is 1. The quantitative estimate of drug-likeness (QED) is 0.450. The van der Waals surface area contributed by atoms with Crippen LogP contribution in [-0.2, 0) is 0 Å². The number of anilines is 2. The van der Waals surface area contributed by atoms with Crippen molar-refractivity contribution < 1.29 is 18.4 Å². The molecule has 0 aliphatic rings. The van der Waals surface area contributed by atoms with Crippen LogP contribution < -0.4 is 11.1 Å². The molecule has 0 aliphatic heterocycles. The van der Waals surface area contributed by atoms with Crippen LogP contribution in [0, 0.1) is 11.6 Å². The molecule has 2 aromatic heterocycles. The summed E-state index contributed by atoms with van der Waals surface area (Å²) in [6.45, 7) is 0. The molecular weight excluding hydrogens is 380 g/mol. The third-order valence-corrected chi connectivity index (χ3v) is 4.33. The van der Waals surface area contributed by atoms with Crippen molar-refractivity contribution in [2.75, 3.05) is 5.32 Å². The topological polar surface area (TPSA) is 114 Å². The molecule has 0 atom stereocenters. The number of hydrogen-bond acceptors (Lipinski definition) is 5. The number of H-pyrrole nitrogens is 1. The van der Waals surface area contributed by atoms with Crippen molar-refractivity contribution in [1.82, 2.24) is 15.0 Å². The van der Waals surface area contributed by atoms with Crippen molar-refractivity contribution in [2.45, 2.75) is 0 Å². The lowest BCUT2D eigenvalue weighted by Gasteiger charge is -2.09. The van der Waals surface area contributed by atoms with E-state index in [1.165, 1.54) is 12.5 Å². The van der Waals surface area contributed by atoms with Gasteiger partial charge in [0, 0.05) is 11.9 Å². The minimum absolute atomic E-state index is 0.0570. The predicted molar refractivity (Wildman–Crippen MR) is 102 cm³/mol. The summed E-state index contributed by atoms with van der Waals surface area (Å²) in [5.41, 5.74) is 4.59.